The number of carbonyl (C=O) groups excluding carboxylic acids is 4. The number of nitrogens with zero attached hydrogens (tertiary/aromatic N) is 1. The van der Waals surface area contributed by atoms with Crippen molar-refractivity contribution in [2.24, 2.45) is 17.8 Å². The molecule has 0 saturated carbocycles. The van der Waals surface area contributed by atoms with E-state index in [-0.39, 0.29) is 36.3 Å². The molecule has 49 heavy (non-hydrogen) atoms. The second-order valence-corrected chi connectivity index (χ2v) is 14.1. The van der Waals surface area contributed by atoms with Crippen molar-refractivity contribution in [2.75, 3.05) is 27.8 Å². The van der Waals surface area contributed by atoms with Gasteiger partial charge in [-0.2, -0.15) is 0 Å². The second kappa shape index (κ2) is 16.8. The van der Waals surface area contributed by atoms with Crippen molar-refractivity contribution in [3.63, 3.8) is 0 Å². The van der Waals surface area contributed by atoms with Crippen LogP contribution in [0.5, 0.6) is 0 Å². The van der Waals surface area contributed by atoms with Crippen LogP contribution in [0, 0.1) is 17.8 Å². The first-order chi connectivity index (χ1) is 22.9. The molecule has 274 valence electrons. The minimum absolute atomic E-state index is 0.0667. The Labute approximate surface area is 290 Å². The maximum Gasteiger partial charge on any atom is 0.338 e. The molecular weight excluding hydrogens is 634 g/mol. The molecule has 12 heteroatoms. The Morgan fingerprint density at radius 2 is 1.71 bits per heavy atom. The number of carbonyl (C=O) groups is 4. The van der Waals surface area contributed by atoms with E-state index >= 15 is 0 Å². The standard InChI is InChI=1S/C37H55NO11/c1-11-28-37(44,20-39)19-22(3)29(40)21(2)18-36(7,45-10)32(24(5)30(41)25(6)33(42)47-28)49-35-31(27(38(8)9)17-23(4)46-35)48-34(43)26-15-13-12-14-16-26/h12-16,19,21,23-25,27-28,31-32,35,39,44H,11,17-18,20H2,1-10H3/t21-,23-,24+,25-,27+,28-,31-,32-,35?,36+,37-/m1/s1. The lowest BCUT2D eigenvalue weighted by Crippen LogP contribution is -2.60. The zero-order valence-corrected chi connectivity index (χ0v) is 30.5. The van der Waals surface area contributed by atoms with E-state index < -0.39 is 77.9 Å². The molecule has 0 radical (unpaired) electrons. The Bertz CT molecular complexity index is 1350. The van der Waals surface area contributed by atoms with E-state index in [9.17, 15) is 29.4 Å². The molecule has 2 aliphatic heterocycles. The van der Waals surface area contributed by atoms with E-state index in [2.05, 4.69) is 0 Å². The summed E-state index contributed by atoms with van der Waals surface area (Å²) in [5, 5.41) is 21.5. The van der Waals surface area contributed by atoms with Crippen LogP contribution in [0.2, 0.25) is 0 Å². The van der Waals surface area contributed by atoms with Crippen molar-refractivity contribution >= 4 is 23.5 Å². The summed E-state index contributed by atoms with van der Waals surface area (Å²) in [7, 11) is 5.19. The van der Waals surface area contributed by atoms with Crippen molar-refractivity contribution < 1.29 is 53.1 Å². The monoisotopic (exact) mass is 689 g/mol. The summed E-state index contributed by atoms with van der Waals surface area (Å²) in [6.07, 6.45) is -2.82. The van der Waals surface area contributed by atoms with E-state index in [1.54, 1.807) is 58.0 Å². The first kappa shape index (κ1) is 40.4. The number of rotatable bonds is 8. The van der Waals surface area contributed by atoms with Gasteiger partial charge in [0.25, 0.3) is 0 Å². The van der Waals surface area contributed by atoms with Gasteiger partial charge in [0, 0.05) is 18.9 Å². The minimum Gasteiger partial charge on any atom is -0.458 e. The fraction of sp³-hybridized carbons (Fsp3) is 0.676. The van der Waals surface area contributed by atoms with Gasteiger partial charge in [-0.25, -0.2) is 4.79 Å². The predicted octanol–water partition coefficient (Wildman–Crippen LogP) is 3.51. The summed E-state index contributed by atoms with van der Waals surface area (Å²) in [5.74, 6) is -5.36. The predicted molar refractivity (Wildman–Crippen MR) is 180 cm³/mol. The molecule has 1 aromatic carbocycles. The Kier molecular flexibility index (Phi) is 13.9. The molecule has 1 aromatic rings. The van der Waals surface area contributed by atoms with Crippen LogP contribution in [0.15, 0.2) is 42.0 Å². The number of hydrogen-bond donors (Lipinski definition) is 2. The number of aliphatic hydroxyl groups excluding tert-OH is 1. The van der Waals surface area contributed by atoms with Crippen LogP contribution in [-0.4, -0.2) is 114 Å². The lowest BCUT2D eigenvalue weighted by atomic mass is 9.77. The third-order valence-corrected chi connectivity index (χ3v) is 9.99. The van der Waals surface area contributed by atoms with Crippen molar-refractivity contribution in [1.82, 2.24) is 4.90 Å². The lowest BCUT2D eigenvalue weighted by Gasteiger charge is -2.47. The number of cyclic esters (lactones) is 1. The molecule has 0 bridgehead atoms. The number of likely N-dealkylation sites (N-methyl/N-ethyl adjacent to an activating group) is 1. The van der Waals surface area contributed by atoms with Crippen molar-refractivity contribution in [3.8, 4) is 0 Å². The molecule has 2 N–H and O–H groups in total. The number of hydrogen-bond acceptors (Lipinski definition) is 12. The number of aliphatic hydroxyl groups is 2. The normalized spacial score (nSPS) is 36.9. The molecule has 1 saturated heterocycles. The molecule has 0 amide bonds. The van der Waals surface area contributed by atoms with Gasteiger partial charge in [-0.1, -0.05) is 39.0 Å². The number of Topliss-reactive ketones (excluding diaryl/α,β-unsaturated/α-hetero) is 2. The molecular formula is C37H55NO11. The molecule has 2 heterocycles. The maximum atomic E-state index is 14.1. The van der Waals surface area contributed by atoms with E-state index in [0.717, 1.165) is 0 Å². The number of benzene rings is 1. The summed E-state index contributed by atoms with van der Waals surface area (Å²) in [4.78, 5) is 56.6. The molecule has 3 rings (SSSR count). The largest absolute Gasteiger partial charge is 0.458 e. The summed E-state index contributed by atoms with van der Waals surface area (Å²) in [6.45, 7) is 10.7. The Morgan fingerprint density at radius 3 is 2.27 bits per heavy atom. The molecule has 0 spiro atoms. The summed E-state index contributed by atoms with van der Waals surface area (Å²) in [5.41, 5.74) is -2.86. The highest BCUT2D eigenvalue weighted by atomic mass is 16.7. The molecule has 1 unspecified atom stereocenters. The molecule has 12 nitrogen and oxygen atoms in total. The number of methoxy groups -OCH3 is 1. The maximum absolute atomic E-state index is 14.1. The van der Waals surface area contributed by atoms with Crippen molar-refractivity contribution in [1.29, 1.82) is 0 Å². The highest BCUT2D eigenvalue weighted by molar-refractivity contribution is 6.00. The quantitative estimate of drug-likeness (QED) is 0.303. The van der Waals surface area contributed by atoms with E-state index in [1.165, 1.54) is 27.0 Å². The molecule has 0 aliphatic carbocycles. The van der Waals surface area contributed by atoms with Crippen molar-refractivity contribution in [2.45, 2.75) is 116 Å². The van der Waals surface area contributed by atoms with Crippen LogP contribution in [0.1, 0.15) is 78.1 Å². The average molecular weight is 690 g/mol. The fourth-order valence-electron chi connectivity index (χ4n) is 7.00. The zero-order chi connectivity index (χ0) is 36.8. The van der Waals surface area contributed by atoms with Crippen LogP contribution in [0.3, 0.4) is 0 Å². The fourth-order valence-corrected chi connectivity index (χ4v) is 7.00. The van der Waals surface area contributed by atoms with Gasteiger partial charge in [0.2, 0.25) is 0 Å². The third kappa shape index (κ3) is 9.22. The smallest absolute Gasteiger partial charge is 0.338 e. The number of ketones is 2. The van der Waals surface area contributed by atoms with Crippen LogP contribution in [0.25, 0.3) is 0 Å². The molecule has 0 aromatic heterocycles. The Hall–Kier alpha value is -3.00. The van der Waals surface area contributed by atoms with Gasteiger partial charge in [-0.05, 0) is 84.8 Å². The first-order valence-electron chi connectivity index (χ1n) is 17.0. The van der Waals surface area contributed by atoms with E-state index in [0.29, 0.717) is 12.0 Å². The number of esters is 2. The van der Waals surface area contributed by atoms with Gasteiger partial charge in [0.05, 0.1) is 36.0 Å². The van der Waals surface area contributed by atoms with Gasteiger partial charge in [0.1, 0.15) is 17.6 Å². The zero-order valence-electron chi connectivity index (χ0n) is 30.5. The third-order valence-electron chi connectivity index (χ3n) is 9.99. The highest BCUT2D eigenvalue weighted by Crippen LogP contribution is 2.38. The van der Waals surface area contributed by atoms with Gasteiger partial charge in [-0.15, -0.1) is 0 Å². The van der Waals surface area contributed by atoms with Crippen LogP contribution in [-0.2, 0) is 38.1 Å². The Morgan fingerprint density at radius 1 is 1.08 bits per heavy atom. The van der Waals surface area contributed by atoms with Crippen LogP contribution >= 0.6 is 0 Å². The topological polar surface area (TPSA) is 158 Å². The second-order valence-electron chi connectivity index (χ2n) is 14.1. The molecule has 2 aliphatic rings. The van der Waals surface area contributed by atoms with E-state index in [1.807, 2.05) is 25.9 Å². The summed E-state index contributed by atoms with van der Waals surface area (Å²) < 4.78 is 30.9. The number of ether oxygens (including phenoxy) is 5. The minimum atomic E-state index is -2.05. The molecule has 1 fully saturated rings. The van der Waals surface area contributed by atoms with Gasteiger partial charge >= 0.3 is 11.9 Å². The Balaban J connectivity index is 2.13. The summed E-state index contributed by atoms with van der Waals surface area (Å²) >= 11 is 0. The van der Waals surface area contributed by atoms with Crippen LogP contribution in [0.4, 0.5) is 0 Å². The van der Waals surface area contributed by atoms with Gasteiger partial charge in [0.15, 0.2) is 24.0 Å². The van der Waals surface area contributed by atoms with E-state index in [4.69, 9.17) is 23.7 Å². The number of allylic oxidation sites excluding steroid dienone is 1. The highest BCUT2D eigenvalue weighted by Gasteiger charge is 2.51. The first-order valence-corrected chi connectivity index (χ1v) is 17.0. The van der Waals surface area contributed by atoms with Crippen molar-refractivity contribution in [3.05, 3.63) is 47.5 Å². The lowest BCUT2D eigenvalue weighted by molar-refractivity contribution is -0.294. The van der Waals surface area contributed by atoms with Gasteiger partial charge in [-0.3, -0.25) is 14.4 Å². The summed E-state index contributed by atoms with van der Waals surface area (Å²) in [6, 6.07) is 8.24. The average Bonchev–Trinajstić information content (AvgIpc) is 3.08. The SMILES string of the molecule is CC[C@H]1OC(=O)[C@H](C)C(=O)[C@H](C)[C@@H](OC2O[C@H](C)C[C@H](N(C)C)[C@H]2OC(=O)c2ccccc2)[C@@](C)(OC)C[C@@H](C)C(=O)C(C)=C[C@@]1(O)CO. The van der Waals surface area contributed by atoms with Gasteiger partial charge < -0.3 is 38.8 Å². The molecule has 11 atom stereocenters. The van der Waals surface area contributed by atoms with Crippen LogP contribution < -0.4 is 0 Å².